The fourth-order valence-electron chi connectivity index (χ4n) is 4.46. The molecule has 0 saturated carbocycles. The van der Waals surface area contributed by atoms with E-state index in [9.17, 15) is 24.3 Å². The number of halogens is 2. The molecule has 1 aliphatic rings. The molecular formula is C29H28Cl2N4O5. The van der Waals surface area contributed by atoms with Gasteiger partial charge in [0.1, 0.15) is 6.04 Å². The lowest BCUT2D eigenvalue weighted by Gasteiger charge is -2.30. The van der Waals surface area contributed by atoms with Crippen LogP contribution >= 0.6 is 23.2 Å². The summed E-state index contributed by atoms with van der Waals surface area (Å²) in [4.78, 5) is 53.8. The fraction of sp³-hybridized carbons (Fsp3) is 0.241. The van der Waals surface area contributed by atoms with E-state index in [1.807, 2.05) is 60.7 Å². The summed E-state index contributed by atoms with van der Waals surface area (Å²) < 4.78 is 0. The minimum atomic E-state index is -1.45. The van der Waals surface area contributed by atoms with Crippen molar-refractivity contribution in [1.29, 1.82) is 0 Å². The monoisotopic (exact) mass is 582 g/mol. The number of rotatable bonds is 9. The molecule has 3 N–H and O–H groups in total. The summed E-state index contributed by atoms with van der Waals surface area (Å²) in [7, 11) is 1.58. The second-order valence-corrected chi connectivity index (χ2v) is 10.2. The van der Waals surface area contributed by atoms with Gasteiger partial charge in [0.05, 0.1) is 22.2 Å². The maximum absolute atomic E-state index is 13.2. The Morgan fingerprint density at radius 3 is 2.27 bits per heavy atom. The van der Waals surface area contributed by atoms with Crippen LogP contribution in [0.5, 0.6) is 0 Å². The van der Waals surface area contributed by atoms with Gasteiger partial charge in [0.25, 0.3) is 11.8 Å². The Hall–Kier alpha value is -4.08. The summed E-state index contributed by atoms with van der Waals surface area (Å²) in [5.74, 6) is -2.43. The van der Waals surface area contributed by atoms with Crippen molar-refractivity contribution >= 4 is 47.0 Å². The van der Waals surface area contributed by atoms with Crippen molar-refractivity contribution in [2.75, 3.05) is 20.1 Å². The van der Waals surface area contributed by atoms with Crippen molar-refractivity contribution in [3.05, 3.63) is 105 Å². The van der Waals surface area contributed by atoms with Crippen LogP contribution in [0.15, 0.2) is 66.7 Å². The molecule has 1 atom stereocenters. The van der Waals surface area contributed by atoms with Gasteiger partial charge in [0.2, 0.25) is 0 Å². The van der Waals surface area contributed by atoms with Crippen LogP contribution in [-0.4, -0.2) is 64.9 Å². The number of amides is 4. The highest BCUT2D eigenvalue weighted by Gasteiger charge is 2.32. The van der Waals surface area contributed by atoms with E-state index in [2.05, 4.69) is 10.6 Å². The SMILES string of the molecule is CN(Cc1ccccc1)C(=O)NC[C@H](NC(=O)c1c(Cl)cc2c(c1Cl)CCN(Cc1ccccc1)C2=O)C(=O)O. The zero-order chi connectivity index (χ0) is 28.8. The summed E-state index contributed by atoms with van der Waals surface area (Å²) in [6.07, 6.45) is 0.399. The summed E-state index contributed by atoms with van der Waals surface area (Å²) in [6.45, 7) is 0.761. The first kappa shape index (κ1) is 28.9. The van der Waals surface area contributed by atoms with Crippen LogP contribution in [0.1, 0.15) is 37.4 Å². The Morgan fingerprint density at radius 1 is 1.02 bits per heavy atom. The molecule has 0 aromatic heterocycles. The molecule has 0 spiro atoms. The molecule has 1 aliphatic heterocycles. The first-order valence-corrected chi connectivity index (χ1v) is 13.3. The number of fused-ring (bicyclic) bond motifs is 1. The number of hydrogen-bond donors (Lipinski definition) is 3. The van der Waals surface area contributed by atoms with Gasteiger partial charge in [0, 0.05) is 32.2 Å². The Balaban J connectivity index is 1.43. The third kappa shape index (κ3) is 6.73. The molecule has 0 aliphatic carbocycles. The van der Waals surface area contributed by atoms with Crippen molar-refractivity contribution in [3.63, 3.8) is 0 Å². The van der Waals surface area contributed by atoms with E-state index < -0.39 is 23.9 Å². The number of urea groups is 1. The normalized spacial score (nSPS) is 13.3. The molecule has 0 radical (unpaired) electrons. The summed E-state index contributed by atoms with van der Waals surface area (Å²) in [5.41, 5.74) is 2.54. The largest absolute Gasteiger partial charge is 0.480 e. The lowest BCUT2D eigenvalue weighted by atomic mass is 9.95. The second-order valence-electron chi connectivity index (χ2n) is 9.43. The van der Waals surface area contributed by atoms with E-state index >= 15 is 0 Å². The van der Waals surface area contributed by atoms with E-state index in [0.717, 1.165) is 11.1 Å². The Labute approximate surface area is 241 Å². The van der Waals surface area contributed by atoms with Crippen LogP contribution in [0.3, 0.4) is 0 Å². The average molecular weight is 583 g/mol. The maximum Gasteiger partial charge on any atom is 0.328 e. The predicted molar refractivity (Wildman–Crippen MR) is 152 cm³/mol. The van der Waals surface area contributed by atoms with Gasteiger partial charge in [0.15, 0.2) is 0 Å². The zero-order valence-corrected chi connectivity index (χ0v) is 23.2. The number of hydrogen-bond acceptors (Lipinski definition) is 4. The van der Waals surface area contributed by atoms with E-state index in [-0.39, 0.29) is 28.1 Å². The van der Waals surface area contributed by atoms with Gasteiger partial charge < -0.3 is 25.5 Å². The van der Waals surface area contributed by atoms with Gasteiger partial charge >= 0.3 is 12.0 Å². The highest BCUT2D eigenvalue weighted by molar-refractivity contribution is 6.41. The Bertz CT molecular complexity index is 1420. The molecular weight excluding hydrogens is 555 g/mol. The number of nitrogens with one attached hydrogen (secondary N) is 2. The second kappa shape index (κ2) is 12.8. The molecule has 9 nitrogen and oxygen atoms in total. The first-order valence-electron chi connectivity index (χ1n) is 12.6. The predicted octanol–water partition coefficient (Wildman–Crippen LogP) is 4.22. The van der Waals surface area contributed by atoms with Crippen LogP contribution in [0.2, 0.25) is 10.0 Å². The molecule has 3 aromatic rings. The van der Waals surface area contributed by atoms with Gasteiger partial charge in [-0.15, -0.1) is 0 Å². The van der Waals surface area contributed by atoms with Gasteiger partial charge in [-0.2, -0.15) is 0 Å². The van der Waals surface area contributed by atoms with Gasteiger partial charge in [-0.3, -0.25) is 9.59 Å². The van der Waals surface area contributed by atoms with E-state index in [4.69, 9.17) is 23.2 Å². The molecule has 40 heavy (non-hydrogen) atoms. The Kier molecular flexibility index (Phi) is 9.29. The number of carbonyl (C=O) groups is 4. The number of benzene rings is 3. The third-order valence-corrected chi connectivity index (χ3v) is 7.30. The van der Waals surface area contributed by atoms with Crippen LogP contribution in [0.4, 0.5) is 4.79 Å². The molecule has 11 heteroatoms. The molecule has 3 aromatic carbocycles. The number of carboxylic acids is 1. The van der Waals surface area contributed by atoms with Crippen LogP contribution in [0.25, 0.3) is 0 Å². The van der Waals surface area contributed by atoms with E-state index in [1.165, 1.54) is 11.0 Å². The summed E-state index contributed by atoms with van der Waals surface area (Å²) >= 11 is 13.0. The molecule has 0 unspecified atom stereocenters. The number of aliphatic carboxylic acids is 1. The first-order chi connectivity index (χ1) is 19.2. The quantitative estimate of drug-likeness (QED) is 0.349. The van der Waals surface area contributed by atoms with Crippen molar-refractivity contribution < 1.29 is 24.3 Å². The fourth-order valence-corrected chi connectivity index (χ4v) is 5.18. The molecule has 208 valence electrons. The molecule has 1 heterocycles. The zero-order valence-electron chi connectivity index (χ0n) is 21.7. The lowest BCUT2D eigenvalue weighted by Crippen LogP contribution is -2.50. The minimum Gasteiger partial charge on any atom is -0.480 e. The van der Waals surface area contributed by atoms with Crippen molar-refractivity contribution in [1.82, 2.24) is 20.4 Å². The van der Waals surface area contributed by atoms with Gasteiger partial charge in [-0.1, -0.05) is 83.9 Å². The van der Waals surface area contributed by atoms with Crippen molar-refractivity contribution in [2.45, 2.75) is 25.6 Å². The Morgan fingerprint density at radius 2 is 1.65 bits per heavy atom. The average Bonchev–Trinajstić information content (AvgIpc) is 2.93. The van der Waals surface area contributed by atoms with Crippen LogP contribution < -0.4 is 10.6 Å². The molecule has 0 saturated heterocycles. The minimum absolute atomic E-state index is 0.00322. The number of nitrogens with zero attached hydrogens (tertiary/aromatic N) is 2. The molecule has 0 fully saturated rings. The smallest absolute Gasteiger partial charge is 0.328 e. The molecule has 0 bridgehead atoms. The highest BCUT2D eigenvalue weighted by atomic mass is 35.5. The highest BCUT2D eigenvalue weighted by Crippen LogP contribution is 2.35. The standard InChI is InChI=1S/C29H28Cl2N4O5/c1-34(16-18-8-4-2-5-9-18)29(40)32-15-23(28(38)39)33-26(36)24-22(30)14-21-20(25(24)31)12-13-35(27(21)37)17-19-10-6-3-7-11-19/h2-11,14,23H,12-13,15-17H2,1H3,(H,32,40)(H,33,36)(H,38,39)/t23-/m0/s1. The van der Waals surface area contributed by atoms with Crippen LogP contribution in [0, 0.1) is 0 Å². The summed E-state index contributed by atoms with van der Waals surface area (Å²) in [5, 5.41) is 14.5. The molecule has 4 rings (SSSR count). The number of carboxylic acid groups (broad SMARTS) is 1. The topological polar surface area (TPSA) is 119 Å². The summed E-state index contributed by atoms with van der Waals surface area (Å²) in [6, 6.07) is 18.3. The van der Waals surface area contributed by atoms with Crippen LogP contribution in [-0.2, 0) is 24.3 Å². The van der Waals surface area contributed by atoms with E-state index in [1.54, 1.807) is 11.9 Å². The van der Waals surface area contributed by atoms with Gasteiger partial charge in [-0.05, 0) is 29.2 Å². The van der Waals surface area contributed by atoms with Crippen molar-refractivity contribution in [2.24, 2.45) is 0 Å². The molecule has 4 amide bonds. The van der Waals surface area contributed by atoms with E-state index in [0.29, 0.717) is 37.2 Å². The lowest BCUT2D eigenvalue weighted by molar-refractivity contribution is -0.139. The third-order valence-electron chi connectivity index (χ3n) is 6.58. The number of carbonyl (C=O) groups excluding carboxylic acids is 3. The van der Waals surface area contributed by atoms with Crippen molar-refractivity contribution in [3.8, 4) is 0 Å². The maximum atomic E-state index is 13.2. The van der Waals surface area contributed by atoms with Gasteiger partial charge in [-0.25, -0.2) is 9.59 Å².